The summed E-state index contributed by atoms with van der Waals surface area (Å²) in [5.74, 6) is 0.534. The molecule has 0 bridgehead atoms. The lowest BCUT2D eigenvalue weighted by Gasteiger charge is -2.20. The van der Waals surface area contributed by atoms with Crippen LogP contribution in [0.3, 0.4) is 0 Å². The number of amides is 1. The summed E-state index contributed by atoms with van der Waals surface area (Å²) in [5.41, 5.74) is 7.67. The van der Waals surface area contributed by atoms with Crippen molar-refractivity contribution < 1.29 is 9.53 Å². The fourth-order valence-electron chi connectivity index (χ4n) is 5.77. The van der Waals surface area contributed by atoms with Gasteiger partial charge in [-0.25, -0.2) is 4.98 Å². The maximum atomic E-state index is 12.7. The van der Waals surface area contributed by atoms with Crippen LogP contribution in [-0.4, -0.2) is 42.6 Å². The van der Waals surface area contributed by atoms with Gasteiger partial charge in [-0.05, 0) is 43.0 Å². The van der Waals surface area contributed by atoms with Crippen LogP contribution in [0.15, 0.2) is 67.6 Å². The Bertz CT molecular complexity index is 1780. The minimum Gasteiger partial charge on any atom is -0.496 e. The number of nitrogens with one attached hydrogen (secondary N) is 3. The van der Waals surface area contributed by atoms with Gasteiger partial charge in [0, 0.05) is 58.0 Å². The van der Waals surface area contributed by atoms with Gasteiger partial charge >= 0.3 is 0 Å². The summed E-state index contributed by atoms with van der Waals surface area (Å²) in [6, 6.07) is 6.10. The molecule has 1 aliphatic carbocycles. The van der Waals surface area contributed by atoms with E-state index in [0.29, 0.717) is 30.3 Å². The van der Waals surface area contributed by atoms with E-state index in [4.69, 9.17) is 4.74 Å². The van der Waals surface area contributed by atoms with Crippen molar-refractivity contribution in [2.24, 2.45) is 5.92 Å². The van der Waals surface area contributed by atoms with Crippen LogP contribution in [0.1, 0.15) is 44.1 Å². The first kappa shape index (κ1) is 24.3. The van der Waals surface area contributed by atoms with Crippen molar-refractivity contribution in [2.75, 3.05) is 11.9 Å². The van der Waals surface area contributed by atoms with Crippen molar-refractivity contribution in [3.63, 3.8) is 0 Å². The minimum absolute atomic E-state index is 0.0512. The number of H-pyrrole nitrogens is 2. The van der Waals surface area contributed by atoms with Crippen molar-refractivity contribution in [1.29, 1.82) is 0 Å². The molecule has 5 aromatic rings. The van der Waals surface area contributed by atoms with Crippen LogP contribution in [-0.2, 0) is 9.53 Å². The van der Waals surface area contributed by atoms with E-state index in [1.54, 1.807) is 24.9 Å². The number of allylic oxidation sites excluding steroid dienone is 2. The molecule has 0 aromatic carbocycles. The SMILES string of the molecule is O=C(CC1CCCCC1)Nc1cncc(-c2cnc3n[nH]c(-c4cc5c(C6=COCC=C6)cncc5[nH]4)c3c2)c1. The Hall–Kier alpha value is -4.79. The highest BCUT2D eigenvalue weighted by Crippen LogP contribution is 2.34. The number of carbonyl (C=O) groups is 1. The van der Waals surface area contributed by atoms with Gasteiger partial charge in [0.1, 0.15) is 6.61 Å². The standard InChI is InChI=1S/C31H29N7O2/c39-29(9-19-5-2-1-3-6-19)35-23-10-21(13-32-15-23)22-11-25-30(37-38-31(25)34-14-22)27-12-24-26(16-33-17-28(24)36-27)20-7-4-8-40-18-20/h4,7,10-19,36H,1-3,5-6,8-9H2,(H,35,39)(H,34,37,38). The van der Waals surface area contributed by atoms with Crippen LogP contribution in [0.25, 0.3) is 50.0 Å². The van der Waals surface area contributed by atoms with Crippen molar-refractivity contribution in [3.8, 4) is 22.5 Å². The Balaban J connectivity index is 1.18. The highest BCUT2D eigenvalue weighted by molar-refractivity contribution is 6.00. The monoisotopic (exact) mass is 531 g/mol. The molecule has 7 rings (SSSR count). The van der Waals surface area contributed by atoms with Crippen molar-refractivity contribution in [1.82, 2.24) is 30.1 Å². The second-order valence-corrected chi connectivity index (χ2v) is 10.6. The Kier molecular flexibility index (Phi) is 6.31. The van der Waals surface area contributed by atoms with Crippen LogP contribution >= 0.6 is 0 Å². The molecule has 3 N–H and O–H groups in total. The lowest BCUT2D eigenvalue weighted by atomic mass is 9.87. The molecule has 1 aliphatic heterocycles. The molecule has 0 spiro atoms. The summed E-state index contributed by atoms with van der Waals surface area (Å²) >= 11 is 0. The number of aromatic amines is 2. The fraction of sp³-hybridized carbons (Fsp3) is 0.258. The molecule has 1 amide bonds. The topological polar surface area (TPSA) is 121 Å². The molecule has 200 valence electrons. The zero-order chi connectivity index (χ0) is 26.9. The van der Waals surface area contributed by atoms with Crippen molar-refractivity contribution in [3.05, 3.63) is 73.2 Å². The minimum atomic E-state index is 0.0512. The normalized spacial score (nSPS) is 15.8. The lowest BCUT2D eigenvalue weighted by molar-refractivity contribution is -0.117. The number of rotatable bonds is 6. The van der Waals surface area contributed by atoms with Gasteiger partial charge in [0.05, 0.1) is 41.2 Å². The van der Waals surface area contributed by atoms with Crippen LogP contribution in [0.4, 0.5) is 5.69 Å². The number of hydrogen-bond acceptors (Lipinski definition) is 6. The van der Waals surface area contributed by atoms with Crippen LogP contribution in [0.5, 0.6) is 0 Å². The van der Waals surface area contributed by atoms with Gasteiger partial charge in [-0.3, -0.25) is 19.9 Å². The molecular formula is C31H29N7O2. The van der Waals surface area contributed by atoms with Gasteiger partial charge < -0.3 is 15.0 Å². The number of pyridine rings is 3. The van der Waals surface area contributed by atoms with E-state index >= 15 is 0 Å². The molecule has 0 radical (unpaired) electrons. The third kappa shape index (κ3) is 4.75. The number of aromatic nitrogens is 6. The predicted molar refractivity (Wildman–Crippen MR) is 155 cm³/mol. The lowest BCUT2D eigenvalue weighted by Crippen LogP contribution is -2.18. The number of fused-ring (bicyclic) bond motifs is 2. The largest absolute Gasteiger partial charge is 0.496 e. The van der Waals surface area contributed by atoms with E-state index in [2.05, 4.69) is 53.7 Å². The molecule has 9 nitrogen and oxygen atoms in total. The summed E-state index contributed by atoms with van der Waals surface area (Å²) in [6.07, 6.45) is 21.3. The molecule has 1 saturated carbocycles. The maximum Gasteiger partial charge on any atom is 0.224 e. The highest BCUT2D eigenvalue weighted by atomic mass is 16.5. The molecule has 0 unspecified atom stereocenters. The first-order chi connectivity index (χ1) is 19.7. The maximum absolute atomic E-state index is 12.7. The molecule has 0 atom stereocenters. The average molecular weight is 532 g/mol. The summed E-state index contributed by atoms with van der Waals surface area (Å²) in [7, 11) is 0. The van der Waals surface area contributed by atoms with E-state index in [0.717, 1.165) is 62.8 Å². The van der Waals surface area contributed by atoms with Crippen molar-refractivity contribution >= 4 is 39.1 Å². The molecular weight excluding hydrogens is 502 g/mol. The van der Waals surface area contributed by atoms with E-state index in [-0.39, 0.29) is 5.91 Å². The smallest absolute Gasteiger partial charge is 0.224 e. The number of hydrogen-bond donors (Lipinski definition) is 3. The molecule has 40 heavy (non-hydrogen) atoms. The van der Waals surface area contributed by atoms with Gasteiger partial charge in [0.2, 0.25) is 5.91 Å². The van der Waals surface area contributed by atoms with Gasteiger partial charge in [-0.15, -0.1) is 0 Å². The zero-order valence-corrected chi connectivity index (χ0v) is 22.0. The summed E-state index contributed by atoms with van der Waals surface area (Å²) in [6.45, 7) is 0.575. The molecule has 6 heterocycles. The number of anilines is 1. The third-order valence-corrected chi connectivity index (χ3v) is 7.79. The Morgan fingerprint density at radius 3 is 2.73 bits per heavy atom. The highest BCUT2D eigenvalue weighted by Gasteiger charge is 2.18. The Morgan fingerprint density at radius 1 is 0.975 bits per heavy atom. The average Bonchev–Trinajstić information content (AvgIpc) is 3.62. The van der Waals surface area contributed by atoms with E-state index < -0.39 is 0 Å². The third-order valence-electron chi connectivity index (χ3n) is 7.79. The van der Waals surface area contributed by atoms with Crippen LogP contribution in [0.2, 0.25) is 0 Å². The first-order valence-corrected chi connectivity index (χ1v) is 13.8. The fourth-order valence-corrected chi connectivity index (χ4v) is 5.77. The quantitative estimate of drug-likeness (QED) is 0.233. The Labute approximate surface area is 230 Å². The Morgan fingerprint density at radius 2 is 1.85 bits per heavy atom. The second kappa shape index (κ2) is 10.4. The molecule has 9 heteroatoms. The molecule has 0 saturated heterocycles. The van der Waals surface area contributed by atoms with E-state index in [1.807, 2.05) is 24.5 Å². The summed E-state index contributed by atoms with van der Waals surface area (Å²) in [5, 5.41) is 12.6. The van der Waals surface area contributed by atoms with Gasteiger partial charge in [0.25, 0.3) is 0 Å². The van der Waals surface area contributed by atoms with Gasteiger partial charge in [-0.2, -0.15) is 5.10 Å². The van der Waals surface area contributed by atoms with Crippen molar-refractivity contribution in [2.45, 2.75) is 38.5 Å². The van der Waals surface area contributed by atoms with E-state index in [1.165, 1.54) is 19.3 Å². The van der Waals surface area contributed by atoms with Crippen LogP contribution < -0.4 is 5.32 Å². The zero-order valence-electron chi connectivity index (χ0n) is 22.0. The number of carbonyl (C=O) groups excluding carboxylic acids is 1. The summed E-state index contributed by atoms with van der Waals surface area (Å²) < 4.78 is 5.50. The first-order valence-electron chi connectivity index (χ1n) is 13.8. The molecule has 2 aliphatic rings. The summed E-state index contributed by atoms with van der Waals surface area (Å²) in [4.78, 5) is 29.6. The van der Waals surface area contributed by atoms with Gasteiger partial charge in [0.15, 0.2) is 5.65 Å². The van der Waals surface area contributed by atoms with Crippen LogP contribution in [0, 0.1) is 5.92 Å². The second-order valence-electron chi connectivity index (χ2n) is 10.6. The predicted octanol–water partition coefficient (Wildman–Crippen LogP) is 6.40. The van der Waals surface area contributed by atoms with E-state index in [9.17, 15) is 4.79 Å². The number of ether oxygens (including phenoxy) is 1. The van der Waals surface area contributed by atoms with Gasteiger partial charge in [-0.1, -0.05) is 25.3 Å². The molecule has 1 fully saturated rings. The number of nitrogens with zero attached hydrogens (tertiary/aromatic N) is 4. The molecule has 5 aromatic heterocycles.